The lowest BCUT2D eigenvalue weighted by molar-refractivity contribution is -0.136. The van der Waals surface area contributed by atoms with Gasteiger partial charge in [-0.3, -0.25) is 9.59 Å². The fourth-order valence-corrected chi connectivity index (χ4v) is 5.02. The van der Waals surface area contributed by atoms with Crippen molar-refractivity contribution in [2.45, 2.75) is 13.1 Å². The molecule has 0 radical (unpaired) electrons. The number of amides is 2. The van der Waals surface area contributed by atoms with Gasteiger partial charge in [0, 0.05) is 17.0 Å². The Kier molecular flexibility index (Phi) is 8.39. The molecule has 2 aromatic heterocycles. The quantitative estimate of drug-likeness (QED) is 0.249. The first-order valence-electron chi connectivity index (χ1n) is 12.6. The molecular weight excluding hydrogens is 544 g/mol. The van der Waals surface area contributed by atoms with E-state index in [2.05, 4.69) is 15.6 Å². The Balaban J connectivity index is 1.36. The van der Waals surface area contributed by atoms with Gasteiger partial charge >= 0.3 is 0 Å². The van der Waals surface area contributed by atoms with Gasteiger partial charge < -0.3 is 24.4 Å². The van der Waals surface area contributed by atoms with Crippen molar-refractivity contribution in [1.82, 2.24) is 24.9 Å². The summed E-state index contributed by atoms with van der Waals surface area (Å²) in [7, 11) is 4.67. The molecule has 0 unspecified atom stereocenters. The topological polar surface area (TPSA) is 121 Å². The van der Waals surface area contributed by atoms with E-state index in [1.807, 2.05) is 53.9 Å². The third-order valence-corrected chi connectivity index (χ3v) is 7.17. The highest BCUT2D eigenvalue weighted by Gasteiger charge is 2.22. The van der Waals surface area contributed by atoms with Gasteiger partial charge in [-0.15, -0.1) is 16.4 Å². The number of carbonyl (C=O) groups is 2. The Hall–Kier alpha value is -4.97. The standard InChI is InChI=1S/C29H28N6O5S/c1-38-20-10-8-19(9-11-20)24-18-41-28(31-24)16-34(29(37)17-35-25-7-5-4-6-22(25)32-33-35)15-27(36)30-23-13-12-21(39-2)14-26(23)40-3/h4-14,18H,15-17H2,1-3H3,(H,30,36). The summed E-state index contributed by atoms with van der Waals surface area (Å²) in [4.78, 5) is 32.9. The number of nitrogens with zero attached hydrogens (tertiary/aromatic N) is 5. The van der Waals surface area contributed by atoms with Crippen LogP contribution in [0.5, 0.6) is 17.2 Å². The number of hydrogen-bond donors (Lipinski definition) is 1. The predicted molar refractivity (Wildman–Crippen MR) is 155 cm³/mol. The summed E-state index contributed by atoms with van der Waals surface area (Å²) < 4.78 is 17.4. The second-order valence-electron chi connectivity index (χ2n) is 8.95. The summed E-state index contributed by atoms with van der Waals surface area (Å²) in [5.41, 5.74) is 3.56. The summed E-state index contributed by atoms with van der Waals surface area (Å²) in [6.45, 7) is -0.159. The van der Waals surface area contributed by atoms with Crippen LogP contribution in [0.15, 0.2) is 72.1 Å². The molecule has 41 heavy (non-hydrogen) atoms. The first-order chi connectivity index (χ1) is 20.0. The van der Waals surface area contributed by atoms with Crippen LogP contribution in [-0.4, -0.2) is 64.6 Å². The van der Waals surface area contributed by atoms with Crippen LogP contribution in [0.2, 0.25) is 0 Å². The number of aromatic nitrogens is 4. The molecule has 0 spiro atoms. The monoisotopic (exact) mass is 572 g/mol. The molecule has 11 nitrogen and oxygen atoms in total. The van der Waals surface area contributed by atoms with Crippen molar-refractivity contribution < 1.29 is 23.8 Å². The van der Waals surface area contributed by atoms with E-state index in [-0.39, 0.29) is 25.5 Å². The third-order valence-electron chi connectivity index (χ3n) is 6.34. The first kappa shape index (κ1) is 27.6. The van der Waals surface area contributed by atoms with Gasteiger partial charge in [-0.2, -0.15) is 0 Å². The second kappa shape index (κ2) is 12.5. The van der Waals surface area contributed by atoms with Crippen LogP contribution in [0.25, 0.3) is 22.3 Å². The molecule has 0 saturated heterocycles. The largest absolute Gasteiger partial charge is 0.497 e. The Bertz CT molecular complexity index is 1670. The number of hydrogen-bond acceptors (Lipinski definition) is 9. The molecule has 12 heteroatoms. The zero-order valence-electron chi connectivity index (χ0n) is 22.7. The molecule has 2 amide bonds. The Morgan fingerprint density at radius 2 is 1.71 bits per heavy atom. The molecule has 1 N–H and O–H groups in total. The van der Waals surface area contributed by atoms with Gasteiger partial charge in [0.05, 0.1) is 44.8 Å². The van der Waals surface area contributed by atoms with Crippen LogP contribution >= 0.6 is 11.3 Å². The highest BCUT2D eigenvalue weighted by Crippen LogP contribution is 2.29. The molecule has 0 saturated carbocycles. The van der Waals surface area contributed by atoms with Gasteiger partial charge in [-0.05, 0) is 48.5 Å². The summed E-state index contributed by atoms with van der Waals surface area (Å²) in [5, 5.41) is 13.7. The molecule has 3 aromatic carbocycles. The maximum absolute atomic E-state index is 13.6. The Morgan fingerprint density at radius 1 is 0.951 bits per heavy atom. The van der Waals surface area contributed by atoms with Crippen LogP contribution in [0.1, 0.15) is 5.01 Å². The van der Waals surface area contributed by atoms with Gasteiger partial charge in [0.15, 0.2) is 0 Å². The first-order valence-corrected chi connectivity index (χ1v) is 13.5. The lowest BCUT2D eigenvalue weighted by Crippen LogP contribution is -2.39. The number of ether oxygens (including phenoxy) is 3. The van der Waals surface area contributed by atoms with Crippen molar-refractivity contribution in [3.05, 3.63) is 77.1 Å². The molecule has 0 aliphatic carbocycles. The van der Waals surface area contributed by atoms with Crippen LogP contribution in [0.4, 0.5) is 5.69 Å². The third kappa shape index (κ3) is 6.44. The van der Waals surface area contributed by atoms with Crippen LogP contribution in [0.3, 0.4) is 0 Å². The van der Waals surface area contributed by atoms with E-state index in [1.54, 1.807) is 32.4 Å². The SMILES string of the molecule is COc1ccc(-c2csc(CN(CC(=O)Nc3ccc(OC)cc3OC)C(=O)Cn3nnc4ccccc43)n2)cc1. The van der Waals surface area contributed by atoms with E-state index >= 15 is 0 Å². The number of benzene rings is 3. The summed E-state index contributed by atoms with van der Waals surface area (Å²) in [6, 6.07) is 20.0. The Morgan fingerprint density at radius 3 is 2.46 bits per heavy atom. The molecule has 210 valence electrons. The maximum Gasteiger partial charge on any atom is 0.245 e. The average Bonchev–Trinajstić information content (AvgIpc) is 3.64. The van der Waals surface area contributed by atoms with Crippen molar-refractivity contribution in [3.63, 3.8) is 0 Å². The predicted octanol–water partition coefficient (Wildman–Crippen LogP) is 4.25. The van der Waals surface area contributed by atoms with Crippen LogP contribution < -0.4 is 19.5 Å². The molecule has 0 aliphatic heterocycles. The van der Waals surface area contributed by atoms with Gasteiger partial charge in [0.2, 0.25) is 11.8 Å². The molecule has 2 heterocycles. The van der Waals surface area contributed by atoms with Crippen molar-refractivity contribution in [2.75, 3.05) is 33.2 Å². The number of rotatable bonds is 11. The number of thiazole rings is 1. The molecule has 5 rings (SSSR count). The Labute approximate surface area is 240 Å². The molecule has 0 aliphatic rings. The number of para-hydroxylation sites is 1. The zero-order valence-corrected chi connectivity index (χ0v) is 23.6. The van der Waals surface area contributed by atoms with Crippen molar-refractivity contribution >= 4 is 39.9 Å². The molecule has 5 aromatic rings. The fourth-order valence-electron chi connectivity index (χ4n) is 4.20. The van der Waals surface area contributed by atoms with Crippen LogP contribution in [-0.2, 0) is 22.7 Å². The van der Waals surface area contributed by atoms with E-state index in [0.717, 1.165) is 22.5 Å². The fraction of sp³-hybridized carbons (Fsp3) is 0.207. The minimum atomic E-state index is -0.391. The minimum absolute atomic E-state index is 0.0869. The van der Waals surface area contributed by atoms with Crippen molar-refractivity contribution in [3.8, 4) is 28.5 Å². The second-order valence-corrected chi connectivity index (χ2v) is 9.90. The van der Waals surface area contributed by atoms with Crippen molar-refractivity contribution in [2.24, 2.45) is 0 Å². The zero-order chi connectivity index (χ0) is 28.8. The maximum atomic E-state index is 13.6. The van der Waals surface area contributed by atoms with Crippen LogP contribution in [0, 0.1) is 0 Å². The van der Waals surface area contributed by atoms with E-state index in [0.29, 0.717) is 27.7 Å². The number of carbonyl (C=O) groups excluding carboxylic acids is 2. The summed E-state index contributed by atoms with van der Waals surface area (Å²) in [6.07, 6.45) is 0. The lowest BCUT2D eigenvalue weighted by Gasteiger charge is -2.22. The summed E-state index contributed by atoms with van der Waals surface area (Å²) in [5.74, 6) is 1.08. The van der Waals surface area contributed by atoms with E-state index < -0.39 is 5.91 Å². The average molecular weight is 573 g/mol. The van der Waals surface area contributed by atoms with Gasteiger partial charge in [0.1, 0.15) is 40.9 Å². The highest BCUT2D eigenvalue weighted by atomic mass is 32.1. The number of nitrogens with one attached hydrogen (secondary N) is 1. The van der Waals surface area contributed by atoms with Gasteiger partial charge in [-0.1, -0.05) is 17.3 Å². The minimum Gasteiger partial charge on any atom is -0.497 e. The molecular formula is C29H28N6O5S. The van der Waals surface area contributed by atoms with Gasteiger partial charge in [0.25, 0.3) is 0 Å². The van der Waals surface area contributed by atoms with E-state index in [1.165, 1.54) is 28.0 Å². The van der Waals surface area contributed by atoms with Gasteiger partial charge in [-0.25, -0.2) is 9.67 Å². The number of methoxy groups -OCH3 is 3. The number of anilines is 1. The lowest BCUT2D eigenvalue weighted by atomic mass is 10.2. The molecule has 0 atom stereocenters. The van der Waals surface area contributed by atoms with E-state index in [9.17, 15) is 9.59 Å². The molecule has 0 fully saturated rings. The summed E-state index contributed by atoms with van der Waals surface area (Å²) >= 11 is 1.42. The smallest absolute Gasteiger partial charge is 0.245 e. The number of fused-ring (bicyclic) bond motifs is 1. The normalized spacial score (nSPS) is 10.8. The van der Waals surface area contributed by atoms with E-state index in [4.69, 9.17) is 19.2 Å². The van der Waals surface area contributed by atoms with Crippen molar-refractivity contribution in [1.29, 1.82) is 0 Å². The highest BCUT2D eigenvalue weighted by molar-refractivity contribution is 7.09. The molecule has 0 bridgehead atoms.